The summed E-state index contributed by atoms with van der Waals surface area (Å²) in [6.45, 7) is 3.12. The van der Waals surface area contributed by atoms with Crippen molar-refractivity contribution < 1.29 is 17.4 Å². The van der Waals surface area contributed by atoms with Crippen LogP contribution in [0.4, 0.5) is 10.5 Å². The molecule has 0 fully saturated rings. The molecule has 0 aliphatic rings. The van der Waals surface area contributed by atoms with Crippen LogP contribution < -0.4 is 9.50 Å². The number of hydrogen-bond acceptors (Lipinski definition) is 4. The molecule has 0 atom stereocenters. The normalized spacial score (nSPS) is 11.1. The molecule has 8 heteroatoms. The predicted molar refractivity (Wildman–Crippen MR) is 110 cm³/mol. The van der Waals surface area contributed by atoms with Gasteiger partial charge in [0.1, 0.15) is 5.75 Å². The van der Waals surface area contributed by atoms with Gasteiger partial charge in [-0.15, -0.1) is 0 Å². The molecular weight excluding hydrogens is 432 g/mol. The first-order valence-electron chi connectivity index (χ1n) is 8.56. The van der Waals surface area contributed by atoms with Crippen LogP contribution in [0.1, 0.15) is 25.3 Å². The molecule has 1 N–H and O–H groups in total. The molecule has 0 radical (unpaired) electrons. The van der Waals surface area contributed by atoms with Crippen molar-refractivity contribution >= 4 is 37.8 Å². The Morgan fingerprint density at radius 3 is 2.30 bits per heavy atom. The summed E-state index contributed by atoms with van der Waals surface area (Å²) < 4.78 is 28.1. The molecule has 0 bridgehead atoms. The van der Waals surface area contributed by atoms with E-state index in [1.165, 1.54) is 0 Å². The lowest BCUT2D eigenvalue weighted by Crippen LogP contribution is -2.35. The zero-order chi connectivity index (χ0) is 19.9. The Morgan fingerprint density at radius 2 is 1.74 bits per heavy atom. The van der Waals surface area contributed by atoms with Crippen LogP contribution >= 0.6 is 15.9 Å². The number of benzene rings is 2. The number of carbonyl (C=O) groups is 1. The van der Waals surface area contributed by atoms with Crippen molar-refractivity contribution in [3.05, 3.63) is 58.6 Å². The summed E-state index contributed by atoms with van der Waals surface area (Å²) >= 11 is 3.37. The summed E-state index contributed by atoms with van der Waals surface area (Å²) in [4.78, 5) is 14.4. The monoisotopic (exact) mass is 454 g/mol. The van der Waals surface area contributed by atoms with Crippen LogP contribution in [0.5, 0.6) is 5.75 Å². The first-order chi connectivity index (χ1) is 12.8. The van der Waals surface area contributed by atoms with Gasteiger partial charge >= 0.3 is 16.1 Å². The minimum atomic E-state index is -3.55. The van der Waals surface area contributed by atoms with Gasteiger partial charge in [-0.25, -0.2) is 4.79 Å². The van der Waals surface area contributed by atoms with Gasteiger partial charge in [0, 0.05) is 23.2 Å². The van der Waals surface area contributed by atoms with Crippen LogP contribution in [0, 0.1) is 0 Å². The standard InChI is InChI=1S/C19H23BrN2O4S/c1-3-4-13-22(19(23)21-17-9-7-16(20)8-10-17)14-15-5-11-18(12-6-15)26-27(2,24)25/h5-12H,3-4,13-14H2,1-2H3,(H,21,23). The Bertz CT molecular complexity index is 852. The molecule has 2 rings (SSSR count). The van der Waals surface area contributed by atoms with Crippen LogP contribution in [0.3, 0.4) is 0 Å². The molecular formula is C19H23BrN2O4S. The molecule has 0 unspecified atom stereocenters. The minimum absolute atomic E-state index is 0.178. The number of unbranched alkanes of at least 4 members (excludes halogenated alkanes) is 1. The third kappa shape index (κ3) is 7.60. The van der Waals surface area contributed by atoms with Crippen molar-refractivity contribution in [3.63, 3.8) is 0 Å². The van der Waals surface area contributed by atoms with Crippen LogP contribution in [0.25, 0.3) is 0 Å². The van der Waals surface area contributed by atoms with Gasteiger partial charge in [0.05, 0.1) is 6.26 Å². The lowest BCUT2D eigenvalue weighted by Gasteiger charge is -2.23. The largest absolute Gasteiger partial charge is 0.383 e. The van der Waals surface area contributed by atoms with E-state index < -0.39 is 10.1 Å². The first kappa shape index (κ1) is 21.2. The highest BCUT2D eigenvalue weighted by molar-refractivity contribution is 9.10. The molecule has 6 nitrogen and oxygen atoms in total. The second-order valence-electron chi connectivity index (χ2n) is 6.14. The summed E-state index contributed by atoms with van der Waals surface area (Å²) in [6, 6.07) is 13.9. The number of anilines is 1. The van der Waals surface area contributed by atoms with Crippen LogP contribution in [0.2, 0.25) is 0 Å². The van der Waals surface area contributed by atoms with E-state index in [-0.39, 0.29) is 11.8 Å². The smallest absolute Gasteiger partial charge is 0.322 e. The Hall–Kier alpha value is -2.06. The second kappa shape index (κ2) is 9.75. The third-order valence-corrected chi connectivity index (χ3v) is 4.73. The Labute approximate surface area is 168 Å². The van der Waals surface area contributed by atoms with Gasteiger partial charge in [-0.2, -0.15) is 8.42 Å². The van der Waals surface area contributed by atoms with Gasteiger partial charge in [-0.3, -0.25) is 0 Å². The van der Waals surface area contributed by atoms with E-state index in [1.807, 2.05) is 24.3 Å². The second-order valence-corrected chi connectivity index (χ2v) is 8.63. The molecule has 0 aliphatic carbocycles. The molecule has 0 spiro atoms. The maximum Gasteiger partial charge on any atom is 0.322 e. The Balaban J connectivity index is 2.06. The number of amides is 2. The van der Waals surface area contributed by atoms with Gasteiger partial charge in [-0.05, 0) is 48.4 Å². The molecule has 0 aromatic heterocycles. The maximum atomic E-state index is 12.7. The highest BCUT2D eigenvalue weighted by atomic mass is 79.9. The number of urea groups is 1. The van der Waals surface area contributed by atoms with Crippen molar-refractivity contribution in [2.75, 3.05) is 18.1 Å². The highest BCUT2D eigenvalue weighted by Gasteiger charge is 2.14. The van der Waals surface area contributed by atoms with E-state index in [1.54, 1.807) is 29.2 Å². The summed E-state index contributed by atoms with van der Waals surface area (Å²) in [5.74, 6) is 0.251. The molecule has 0 aliphatic heterocycles. The summed E-state index contributed by atoms with van der Waals surface area (Å²) in [5, 5.41) is 2.90. The van der Waals surface area contributed by atoms with Gasteiger partial charge < -0.3 is 14.4 Å². The number of nitrogens with one attached hydrogen (secondary N) is 1. The molecule has 146 valence electrons. The zero-order valence-corrected chi connectivity index (χ0v) is 17.7. The number of nitrogens with zero attached hydrogens (tertiary/aromatic N) is 1. The van der Waals surface area contributed by atoms with Crippen molar-refractivity contribution in [1.82, 2.24) is 4.90 Å². The first-order valence-corrected chi connectivity index (χ1v) is 11.2. The Morgan fingerprint density at radius 1 is 1.11 bits per heavy atom. The van der Waals surface area contributed by atoms with Gasteiger partial charge in [0.15, 0.2) is 0 Å². The molecule has 2 aromatic rings. The van der Waals surface area contributed by atoms with Crippen molar-refractivity contribution in [1.29, 1.82) is 0 Å². The number of carbonyl (C=O) groups excluding carboxylic acids is 1. The SMILES string of the molecule is CCCCN(Cc1ccc(OS(C)(=O)=O)cc1)C(=O)Nc1ccc(Br)cc1. The van der Waals surface area contributed by atoms with Crippen molar-refractivity contribution in [3.8, 4) is 5.75 Å². The highest BCUT2D eigenvalue weighted by Crippen LogP contribution is 2.18. The topological polar surface area (TPSA) is 75.7 Å². The summed E-state index contributed by atoms with van der Waals surface area (Å²) in [7, 11) is -3.55. The average molecular weight is 455 g/mol. The average Bonchev–Trinajstić information content (AvgIpc) is 2.60. The van der Waals surface area contributed by atoms with Gasteiger partial charge in [0.2, 0.25) is 0 Å². The molecule has 27 heavy (non-hydrogen) atoms. The van der Waals surface area contributed by atoms with Crippen LogP contribution in [-0.2, 0) is 16.7 Å². The molecule has 0 heterocycles. The van der Waals surface area contributed by atoms with Gasteiger partial charge in [-0.1, -0.05) is 41.4 Å². The fraction of sp³-hybridized carbons (Fsp3) is 0.316. The summed E-state index contributed by atoms with van der Waals surface area (Å²) in [5.41, 5.74) is 1.61. The van der Waals surface area contributed by atoms with Crippen LogP contribution in [-0.4, -0.2) is 32.1 Å². The lowest BCUT2D eigenvalue weighted by molar-refractivity contribution is 0.208. The van der Waals surface area contributed by atoms with E-state index in [4.69, 9.17) is 4.18 Å². The van der Waals surface area contributed by atoms with E-state index in [0.717, 1.165) is 34.8 Å². The molecule has 0 saturated heterocycles. The molecule has 0 saturated carbocycles. The predicted octanol–water partition coefficient (Wildman–Crippen LogP) is 4.62. The zero-order valence-electron chi connectivity index (χ0n) is 15.3. The van der Waals surface area contributed by atoms with Crippen LogP contribution in [0.15, 0.2) is 53.0 Å². The minimum Gasteiger partial charge on any atom is -0.383 e. The third-order valence-electron chi connectivity index (χ3n) is 3.71. The van der Waals surface area contributed by atoms with E-state index in [9.17, 15) is 13.2 Å². The van der Waals surface area contributed by atoms with E-state index in [2.05, 4.69) is 28.2 Å². The lowest BCUT2D eigenvalue weighted by atomic mass is 10.2. The van der Waals surface area contributed by atoms with Crippen molar-refractivity contribution in [2.45, 2.75) is 26.3 Å². The fourth-order valence-corrected chi connectivity index (χ4v) is 3.11. The molecule has 2 amide bonds. The fourth-order valence-electron chi connectivity index (χ4n) is 2.38. The molecule has 2 aromatic carbocycles. The summed E-state index contributed by atoms with van der Waals surface area (Å²) in [6.07, 6.45) is 2.87. The number of rotatable bonds is 8. The number of hydrogen-bond donors (Lipinski definition) is 1. The van der Waals surface area contributed by atoms with Gasteiger partial charge in [0.25, 0.3) is 0 Å². The van der Waals surface area contributed by atoms with E-state index in [0.29, 0.717) is 13.1 Å². The van der Waals surface area contributed by atoms with E-state index >= 15 is 0 Å². The maximum absolute atomic E-state index is 12.7. The quantitative estimate of drug-likeness (QED) is 0.590. The Kier molecular flexibility index (Phi) is 7.67. The van der Waals surface area contributed by atoms with Crippen molar-refractivity contribution in [2.24, 2.45) is 0 Å². The number of halogens is 1.